The number of carbonyl (C=O) groups is 1. The Morgan fingerprint density at radius 3 is 3.12 bits per heavy atom. The first-order valence-electron chi connectivity index (χ1n) is 5.68. The Hall–Kier alpha value is -1.42. The Kier molecular flexibility index (Phi) is 3.51. The number of hydrogen-bond donors (Lipinski definition) is 1. The number of rotatable bonds is 3. The number of pyridine rings is 1. The zero-order valence-electron chi connectivity index (χ0n) is 9.30. The van der Waals surface area contributed by atoms with Gasteiger partial charge in [-0.15, -0.1) is 0 Å². The van der Waals surface area contributed by atoms with E-state index in [0.717, 1.165) is 24.9 Å². The maximum atomic E-state index is 11.8. The second-order valence-corrected chi connectivity index (χ2v) is 4.25. The number of amides is 1. The number of nitrogens with two attached hydrogens (primary N) is 1. The summed E-state index contributed by atoms with van der Waals surface area (Å²) in [7, 11) is 0. The molecule has 0 unspecified atom stereocenters. The van der Waals surface area contributed by atoms with Crippen LogP contribution in [-0.4, -0.2) is 34.9 Å². The molecule has 0 aliphatic carbocycles. The van der Waals surface area contributed by atoms with E-state index in [1.165, 1.54) is 0 Å². The fraction of sp³-hybridized carbons (Fsp3) is 0.500. The lowest BCUT2D eigenvalue weighted by atomic mass is 10.1. The van der Waals surface area contributed by atoms with Gasteiger partial charge in [-0.2, -0.15) is 0 Å². The fourth-order valence-electron chi connectivity index (χ4n) is 1.97. The van der Waals surface area contributed by atoms with Crippen molar-refractivity contribution in [2.45, 2.75) is 25.3 Å². The van der Waals surface area contributed by atoms with Crippen molar-refractivity contribution in [1.29, 1.82) is 0 Å². The zero-order chi connectivity index (χ0) is 11.4. The molecule has 16 heavy (non-hydrogen) atoms. The average Bonchev–Trinajstić information content (AvgIpc) is 2.74. The molecule has 4 nitrogen and oxygen atoms in total. The molecule has 86 valence electrons. The summed E-state index contributed by atoms with van der Waals surface area (Å²) in [5.41, 5.74) is 6.88. The van der Waals surface area contributed by atoms with Crippen molar-refractivity contribution in [2.24, 2.45) is 5.73 Å². The topological polar surface area (TPSA) is 59.2 Å². The molecule has 1 saturated heterocycles. The van der Waals surface area contributed by atoms with E-state index in [4.69, 9.17) is 5.73 Å². The minimum absolute atomic E-state index is 0.169. The Bertz CT molecular complexity index is 353. The van der Waals surface area contributed by atoms with E-state index in [0.29, 0.717) is 13.0 Å². The van der Waals surface area contributed by atoms with E-state index < -0.39 is 0 Å². The normalized spacial score (nSPS) is 20.1. The maximum Gasteiger partial charge on any atom is 0.222 e. The van der Waals surface area contributed by atoms with Crippen molar-refractivity contribution in [3.05, 3.63) is 30.1 Å². The quantitative estimate of drug-likeness (QED) is 0.808. The Morgan fingerprint density at radius 1 is 1.62 bits per heavy atom. The lowest BCUT2D eigenvalue weighted by Crippen LogP contribution is -2.31. The van der Waals surface area contributed by atoms with Gasteiger partial charge in [0.15, 0.2) is 0 Å². The van der Waals surface area contributed by atoms with Crippen LogP contribution in [0.4, 0.5) is 0 Å². The van der Waals surface area contributed by atoms with Gasteiger partial charge in [-0.1, -0.05) is 6.07 Å². The molecule has 2 heterocycles. The summed E-state index contributed by atoms with van der Waals surface area (Å²) >= 11 is 0. The Morgan fingerprint density at radius 2 is 2.50 bits per heavy atom. The highest BCUT2D eigenvalue weighted by Gasteiger charge is 2.22. The van der Waals surface area contributed by atoms with Gasteiger partial charge < -0.3 is 10.6 Å². The minimum atomic E-state index is 0.169. The lowest BCUT2D eigenvalue weighted by molar-refractivity contribution is -0.130. The summed E-state index contributed by atoms with van der Waals surface area (Å²) in [6, 6.07) is 4.06. The number of hydrogen-bond acceptors (Lipinski definition) is 3. The summed E-state index contributed by atoms with van der Waals surface area (Å²) < 4.78 is 0. The van der Waals surface area contributed by atoms with Crippen molar-refractivity contribution in [1.82, 2.24) is 9.88 Å². The van der Waals surface area contributed by atoms with E-state index in [1.807, 2.05) is 23.2 Å². The lowest BCUT2D eigenvalue weighted by Gasteiger charge is -2.15. The summed E-state index contributed by atoms with van der Waals surface area (Å²) in [4.78, 5) is 17.7. The zero-order valence-corrected chi connectivity index (χ0v) is 9.30. The Balaban J connectivity index is 1.80. The molecule has 1 atom stereocenters. The number of nitrogens with zero attached hydrogens (tertiary/aromatic N) is 2. The molecular formula is C12H17N3O. The van der Waals surface area contributed by atoms with Crippen molar-refractivity contribution in [3.8, 4) is 0 Å². The van der Waals surface area contributed by atoms with Crippen LogP contribution in [0.25, 0.3) is 0 Å². The summed E-state index contributed by atoms with van der Waals surface area (Å²) in [6.45, 7) is 1.53. The van der Waals surface area contributed by atoms with Gasteiger partial charge in [-0.3, -0.25) is 9.78 Å². The van der Waals surface area contributed by atoms with Crippen LogP contribution >= 0.6 is 0 Å². The van der Waals surface area contributed by atoms with Crippen LogP contribution in [-0.2, 0) is 11.2 Å². The molecule has 1 aliphatic rings. The minimum Gasteiger partial charge on any atom is -0.341 e. The van der Waals surface area contributed by atoms with Gasteiger partial charge in [0.2, 0.25) is 5.91 Å². The summed E-state index contributed by atoms with van der Waals surface area (Å²) in [5.74, 6) is 0.205. The van der Waals surface area contributed by atoms with E-state index in [-0.39, 0.29) is 11.9 Å². The Labute approximate surface area is 95.5 Å². The molecule has 0 bridgehead atoms. The maximum absolute atomic E-state index is 11.8. The number of likely N-dealkylation sites (tertiary alicyclic amines) is 1. The highest BCUT2D eigenvalue weighted by atomic mass is 16.2. The summed E-state index contributed by atoms with van der Waals surface area (Å²) in [5, 5.41) is 0. The standard InChI is InChI=1S/C12H17N3O/c13-11-5-7-15(9-11)12(16)4-3-10-2-1-6-14-8-10/h1-2,6,8,11H,3-5,7,9,13H2/t11-/m0/s1. The van der Waals surface area contributed by atoms with Gasteiger partial charge in [0.05, 0.1) is 0 Å². The van der Waals surface area contributed by atoms with E-state index in [1.54, 1.807) is 6.20 Å². The average molecular weight is 219 g/mol. The molecule has 1 aliphatic heterocycles. The van der Waals surface area contributed by atoms with Gasteiger partial charge >= 0.3 is 0 Å². The van der Waals surface area contributed by atoms with Gasteiger partial charge in [0.25, 0.3) is 0 Å². The second-order valence-electron chi connectivity index (χ2n) is 4.25. The summed E-state index contributed by atoms with van der Waals surface area (Å²) in [6.07, 6.45) is 5.79. The molecular weight excluding hydrogens is 202 g/mol. The first kappa shape index (κ1) is 11.1. The fourth-order valence-corrected chi connectivity index (χ4v) is 1.97. The van der Waals surface area contributed by atoms with Crippen molar-refractivity contribution in [3.63, 3.8) is 0 Å². The third-order valence-electron chi connectivity index (χ3n) is 2.93. The molecule has 0 spiro atoms. The predicted molar refractivity (Wildman–Crippen MR) is 61.7 cm³/mol. The van der Waals surface area contributed by atoms with Gasteiger partial charge in [0.1, 0.15) is 0 Å². The third kappa shape index (κ3) is 2.79. The number of carbonyl (C=O) groups excluding carboxylic acids is 1. The molecule has 2 N–H and O–H groups in total. The smallest absolute Gasteiger partial charge is 0.222 e. The molecule has 1 fully saturated rings. The van der Waals surface area contributed by atoms with E-state index >= 15 is 0 Å². The van der Waals surface area contributed by atoms with E-state index in [2.05, 4.69) is 4.98 Å². The third-order valence-corrected chi connectivity index (χ3v) is 2.93. The van der Waals surface area contributed by atoms with Crippen LogP contribution in [0.15, 0.2) is 24.5 Å². The molecule has 0 aromatic carbocycles. The van der Waals surface area contributed by atoms with Crippen molar-refractivity contribution in [2.75, 3.05) is 13.1 Å². The number of aryl methyl sites for hydroxylation is 1. The van der Waals surface area contributed by atoms with Gasteiger partial charge in [-0.25, -0.2) is 0 Å². The first-order chi connectivity index (χ1) is 7.75. The van der Waals surface area contributed by atoms with E-state index in [9.17, 15) is 4.79 Å². The van der Waals surface area contributed by atoms with Crippen LogP contribution < -0.4 is 5.73 Å². The number of aromatic nitrogens is 1. The molecule has 1 aromatic heterocycles. The predicted octanol–water partition coefficient (Wildman–Crippen LogP) is 0.574. The highest BCUT2D eigenvalue weighted by molar-refractivity contribution is 5.76. The van der Waals surface area contributed by atoms with Crippen LogP contribution in [0.1, 0.15) is 18.4 Å². The molecule has 4 heteroatoms. The molecule has 0 radical (unpaired) electrons. The monoisotopic (exact) mass is 219 g/mol. The molecule has 0 saturated carbocycles. The van der Waals surface area contributed by atoms with Crippen molar-refractivity contribution < 1.29 is 4.79 Å². The first-order valence-corrected chi connectivity index (χ1v) is 5.68. The van der Waals surface area contributed by atoms with Gasteiger partial charge in [-0.05, 0) is 24.5 Å². The van der Waals surface area contributed by atoms with Crippen LogP contribution in [0, 0.1) is 0 Å². The highest BCUT2D eigenvalue weighted by Crippen LogP contribution is 2.10. The van der Waals surface area contributed by atoms with Crippen molar-refractivity contribution >= 4 is 5.91 Å². The van der Waals surface area contributed by atoms with Gasteiger partial charge in [0, 0.05) is 37.9 Å². The molecule has 1 amide bonds. The molecule has 1 aromatic rings. The SMILES string of the molecule is N[C@H]1CCN(C(=O)CCc2cccnc2)C1. The van der Waals surface area contributed by atoms with Crippen LogP contribution in [0.2, 0.25) is 0 Å². The second kappa shape index (κ2) is 5.07. The molecule has 2 rings (SSSR count). The van der Waals surface area contributed by atoms with Crippen LogP contribution in [0.3, 0.4) is 0 Å². The van der Waals surface area contributed by atoms with Crippen LogP contribution in [0.5, 0.6) is 0 Å². The largest absolute Gasteiger partial charge is 0.341 e.